The summed E-state index contributed by atoms with van der Waals surface area (Å²) in [6, 6.07) is 2.71. The largest absolute Gasteiger partial charge is 0.370 e. The van der Waals surface area contributed by atoms with Crippen LogP contribution in [0.2, 0.25) is 0 Å². The summed E-state index contributed by atoms with van der Waals surface area (Å²) in [5, 5.41) is 3.34. The van der Waals surface area contributed by atoms with Gasteiger partial charge >= 0.3 is 0 Å². The van der Waals surface area contributed by atoms with Crippen molar-refractivity contribution in [2.75, 3.05) is 23.8 Å². The molecule has 0 aliphatic heterocycles. The third-order valence-corrected chi connectivity index (χ3v) is 4.52. The van der Waals surface area contributed by atoms with Gasteiger partial charge in [-0.25, -0.2) is 9.97 Å². The van der Waals surface area contributed by atoms with Gasteiger partial charge in [-0.15, -0.1) is 0 Å². The highest BCUT2D eigenvalue weighted by Gasteiger charge is 2.26. The Balaban J connectivity index is 2.23. The predicted octanol–water partition coefficient (Wildman–Crippen LogP) is 3.88. The van der Waals surface area contributed by atoms with Crippen molar-refractivity contribution in [3.05, 3.63) is 11.9 Å². The van der Waals surface area contributed by atoms with Gasteiger partial charge in [-0.05, 0) is 32.1 Å². The van der Waals surface area contributed by atoms with Crippen molar-refractivity contribution < 1.29 is 0 Å². The highest BCUT2D eigenvalue weighted by molar-refractivity contribution is 5.49. The minimum absolute atomic E-state index is 0.609. The van der Waals surface area contributed by atoms with Crippen LogP contribution in [0.15, 0.2) is 6.07 Å². The molecule has 1 fully saturated rings. The van der Waals surface area contributed by atoms with Gasteiger partial charge in [0, 0.05) is 32.1 Å². The topological polar surface area (TPSA) is 41.1 Å². The third kappa shape index (κ3) is 4.08. The molecule has 1 N–H and O–H groups in total. The predicted molar refractivity (Wildman–Crippen MR) is 90.0 cm³/mol. The Morgan fingerprint density at radius 1 is 1.24 bits per heavy atom. The zero-order valence-corrected chi connectivity index (χ0v) is 14.0. The number of nitrogens with one attached hydrogen (secondary N) is 1. The SMILES string of the molecule is CCCc1nc(NCC)cc(N(C)C2CCCCC2C)n1. The van der Waals surface area contributed by atoms with Gasteiger partial charge in [-0.3, -0.25) is 0 Å². The van der Waals surface area contributed by atoms with Crippen molar-refractivity contribution in [3.63, 3.8) is 0 Å². The van der Waals surface area contributed by atoms with Crippen molar-refractivity contribution in [3.8, 4) is 0 Å². The van der Waals surface area contributed by atoms with E-state index in [-0.39, 0.29) is 0 Å². The maximum Gasteiger partial charge on any atom is 0.134 e. The normalized spacial score (nSPS) is 22.1. The average molecular weight is 290 g/mol. The Bertz CT molecular complexity index is 422. The molecule has 2 atom stereocenters. The maximum atomic E-state index is 4.79. The average Bonchev–Trinajstić information content (AvgIpc) is 2.47. The summed E-state index contributed by atoms with van der Waals surface area (Å²) in [5.41, 5.74) is 0. The van der Waals surface area contributed by atoms with Crippen LogP contribution in [-0.2, 0) is 6.42 Å². The number of nitrogens with zero attached hydrogens (tertiary/aromatic N) is 3. The molecule has 1 heterocycles. The second-order valence-electron chi connectivity index (χ2n) is 6.25. The lowest BCUT2D eigenvalue weighted by Gasteiger charge is -2.37. The van der Waals surface area contributed by atoms with Gasteiger partial charge in [-0.1, -0.05) is 26.7 Å². The first kappa shape index (κ1) is 16.1. The maximum absolute atomic E-state index is 4.79. The van der Waals surface area contributed by atoms with E-state index in [1.165, 1.54) is 25.7 Å². The molecule has 2 unspecified atom stereocenters. The summed E-state index contributed by atoms with van der Waals surface area (Å²) >= 11 is 0. The van der Waals surface area contributed by atoms with Crippen LogP contribution in [0.3, 0.4) is 0 Å². The van der Waals surface area contributed by atoms with Crippen molar-refractivity contribution in [1.29, 1.82) is 0 Å². The number of hydrogen-bond acceptors (Lipinski definition) is 4. The Labute approximate surface area is 129 Å². The molecule has 1 aliphatic carbocycles. The molecule has 0 aromatic carbocycles. The molecule has 4 nitrogen and oxygen atoms in total. The lowest BCUT2D eigenvalue weighted by molar-refractivity contribution is 0.320. The Hall–Kier alpha value is -1.32. The standard InChI is InChI=1S/C17H30N4/c1-5-9-15-19-16(18-6-2)12-17(20-15)21(4)14-11-8-7-10-13(14)3/h12-14H,5-11H2,1-4H3,(H,18,19,20). The van der Waals surface area contributed by atoms with Crippen LogP contribution in [0.5, 0.6) is 0 Å². The fourth-order valence-corrected chi connectivity index (χ4v) is 3.31. The van der Waals surface area contributed by atoms with Crippen LogP contribution in [-0.4, -0.2) is 29.6 Å². The van der Waals surface area contributed by atoms with E-state index < -0.39 is 0 Å². The number of aromatic nitrogens is 2. The van der Waals surface area contributed by atoms with Crippen molar-refractivity contribution >= 4 is 11.6 Å². The van der Waals surface area contributed by atoms with E-state index >= 15 is 0 Å². The van der Waals surface area contributed by atoms with Crippen LogP contribution in [0.25, 0.3) is 0 Å². The van der Waals surface area contributed by atoms with Gasteiger partial charge in [0.25, 0.3) is 0 Å². The minimum Gasteiger partial charge on any atom is -0.370 e. The zero-order valence-electron chi connectivity index (χ0n) is 14.0. The van der Waals surface area contributed by atoms with E-state index in [2.05, 4.69) is 49.1 Å². The fourth-order valence-electron chi connectivity index (χ4n) is 3.31. The van der Waals surface area contributed by atoms with E-state index in [0.29, 0.717) is 6.04 Å². The Kier molecular flexibility index (Phi) is 5.83. The highest BCUT2D eigenvalue weighted by Crippen LogP contribution is 2.30. The smallest absolute Gasteiger partial charge is 0.134 e. The molecule has 118 valence electrons. The van der Waals surface area contributed by atoms with E-state index in [4.69, 9.17) is 4.98 Å². The summed E-state index contributed by atoms with van der Waals surface area (Å²) in [4.78, 5) is 11.8. The molecule has 1 saturated carbocycles. The van der Waals surface area contributed by atoms with Crippen LogP contribution in [0.1, 0.15) is 58.7 Å². The second-order valence-corrected chi connectivity index (χ2v) is 6.25. The summed E-state index contributed by atoms with van der Waals surface area (Å²) in [5.74, 6) is 3.74. The fraction of sp³-hybridized carbons (Fsp3) is 0.765. The van der Waals surface area contributed by atoms with E-state index in [1.807, 2.05) is 0 Å². The van der Waals surface area contributed by atoms with Gasteiger partial charge < -0.3 is 10.2 Å². The molecular weight excluding hydrogens is 260 g/mol. The monoisotopic (exact) mass is 290 g/mol. The number of aryl methyl sites for hydroxylation is 1. The Morgan fingerprint density at radius 3 is 2.67 bits per heavy atom. The van der Waals surface area contributed by atoms with Gasteiger partial charge in [0.2, 0.25) is 0 Å². The van der Waals surface area contributed by atoms with E-state index in [9.17, 15) is 0 Å². The van der Waals surface area contributed by atoms with E-state index in [1.54, 1.807) is 0 Å². The number of hydrogen-bond donors (Lipinski definition) is 1. The molecule has 1 aliphatic rings. The molecule has 0 radical (unpaired) electrons. The van der Waals surface area contributed by atoms with Gasteiger partial charge in [-0.2, -0.15) is 0 Å². The lowest BCUT2D eigenvalue weighted by Crippen LogP contribution is -2.39. The second kappa shape index (κ2) is 7.62. The van der Waals surface area contributed by atoms with Gasteiger partial charge in [0.15, 0.2) is 0 Å². The Morgan fingerprint density at radius 2 is 2.00 bits per heavy atom. The lowest BCUT2D eigenvalue weighted by atomic mass is 9.85. The number of rotatable bonds is 6. The van der Waals surface area contributed by atoms with Crippen LogP contribution in [0, 0.1) is 5.92 Å². The van der Waals surface area contributed by atoms with Gasteiger partial charge in [0.1, 0.15) is 17.5 Å². The molecule has 2 rings (SSSR count). The highest BCUT2D eigenvalue weighted by atomic mass is 15.2. The molecule has 0 spiro atoms. The van der Waals surface area contributed by atoms with Gasteiger partial charge in [0.05, 0.1) is 0 Å². The summed E-state index contributed by atoms with van der Waals surface area (Å²) in [7, 11) is 2.19. The van der Waals surface area contributed by atoms with Crippen molar-refractivity contribution in [2.24, 2.45) is 5.92 Å². The van der Waals surface area contributed by atoms with Crippen LogP contribution < -0.4 is 10.2 Å². The quantitative estimate of drug-likeness (QED) is 0.863. The molecular formula is C17H30N4. The molecule has 4 heteroatoms. The molecule has 1 aromatic rings. The molecule has 0 saturated heterocycles. The molecule has 0 amide bonds. The summed E-state index contributed by atoms with van der Waals surface area (Å²) in [6.45, 7) is 7.55. The molecule has 1 aromatic heterocycles. The summed E-state index contributed by atoms with van der Waals surface area (Å²) < 4.78 is 0. The minimum atomic E-state index is 0.609. The number of anilines is 2. The molecule has 21 heavy (non-hydrogen) atoms. The zero-order chi connectivity index (χ0) is 15.2. The van der Waals surface area contributed by atoms with Crippen molar-refractivity contribution in [2.45, 2.75) is 65.3 Å². The van der Waals surface area contributed by atoms with Crippen LogP contribution in [0.4, 0.5) is 11.6 Å². The summed E-state index contributed by atoms with van der Waals surface area (Å²) in [6.07, 6.45) is 7.35. The third-order valence-electron chi connectivity index (χ3n) is 4.52. The first-order valence-electron chi connectivity index (χ1n) is 8.50. The van der Waals surface area contributed by atoms with E-state index in [0.717, 1.165) is 42.8 Å². The van der Waals surface area contributed by atoms with Crippen molar-refractivity contribution in [1.82, 2.24) is 9.97 Å². The first-order valence-corrected chi connectivity index (χ1v) is 8.50. The van der Waals surface area contributed by atoms with Crippen LogP contribution >= 0.6 is 0 Å². The first-order chi connectivity index (χ1) is 10.2. The molecule has 0 bridgehead atoms.